The quantitative estimate of drug-likeness (QED) is 0.759. The largest absolute Gasteiger partial charge is 0.296 e. The van der Waals surface area contributed by atoms with Gasteiger partial charge in [0.15, 0.2) is 5.65 Å². The Morgan fingerprint density at radius 3 is 3.06 bits per heavy atom. The van der Waals surface area contributed by atoms with Gasteiger partial charge in [0.1, 0.15) is 12.1 Å². The highest BCUT2D eigenvalue weighted by atomic mass is 35.5. The molecule has 1 fully saturated rings. The van der Waals surface area contributed by atoms with Crippen LogP contribution in [0.3, 0.4) is 0 Å². The molecule has 3 heterocycles. The molecule has 0 aromatic carbocycles. The lowest BCUT2D eigenvalue weighted by molar-refractivity contribution is -0.117. The monoisotopic (exact) mass is 265 g/mol. The molecular weight excluding hydrogens is 254 g/mol. The van der Waals surface area contributed by atoms with Crippen LogP contribution in [0.2, 0.25) is 0 Å². The van der Waals surface area contributed by atoms with Gasteiger partial charge in [-0.3, -0.25) is 14.4 Å². The molecule has 1 unspecified atom stereocenters. The Balaban J connectivity index is 2.07. The molecular formula is C11H12ClN5O. The number of alkyl halides is 1. The third-order valence-corrected chi connectivity index (χ3v) is 3.62. The molecule has 1 aliphatic heterocycles. The van der Waals surface area contributed by atoms with Crippen LogP contribution in [-0.4, -0.2) is 38.1 Å². The number of fused-ring (bicyclic) bond motifs is 1. The van der Waals surface area contributed by atoms with E-state index in [-0.39, 0.29) is 11.8 Å². The van der Waals surface area contributed by atoms with E-state index in [9.17, 15) is 4.79 Å². The molecule has 0 saturated carbocycles. The van der Waals surface area contributed by atoms with Gasteiger partial charge in [-0.15, -0.1) is 11.6 Å². The van der Waals surface area contributed by atoms with Crippen LogP contribution in [0.5, 0.6) is 0 Å². The molecule has 1 aliphatic rings. The number of nitrogens with zero attached hydrogens (tertiary/aromatic N) is 5. The third kappa shape index (κ3) is 1.64. The van der Waals surface area contributed by atoms with E-state index < -0.39 is 0 Å². The van der Waals surface area contributed by atoms with Crippen LogP contribution in [-0.2, 0) is 11.8 Å². The van der Waals surface area contributed by atoms with E-state index >= 15 is 0 Å². The van der Waals surface area contributed by atoms with Crippen molar-refractivity contribution in [2.75, 3.05) is 17.3 Å². The molecule has 94 valence electrons. The van der Waals surface area contributed by atoms with E-state index in [2.05, 4.69) is 15.1 Å². The second-order valence-electron chi connectivity index (χ2n) is 4.43. The second-order valence-corrected chi connectivity index (χ2v) is 4.74. The van der Waals surface area contributed by atoms with E-state index in [1.54, 1.807) is 15.8 Å². The van der Waals surface area contributed by atoms with Crippen LogP contribution in [0, 0.1) is 5.92 Å². The molecule has 6 nitrogen and oxygen atoms in total. The molecule has 1 atom stereocenters. The van der Waals surface area contributed by atoms with Gasteiger partial charge in [-0.05, 0) is 5.92 Å². The molecule has 2 aromatic heterocycles. The van der Waals surface area contributed by atoms with Crippen molar-refractivity contribution >= 4 is 34.4 Å². The minimum atomic E-state index is 0.0597. The van der Waals surface area contributed by atoms with Gasteiger partial charge in [0.2, 0.25) is 5.91 Å². The summed E-state index contributed by atoms with van der Waals surface area (Å²) in [6.07, 6.45) is 3.63. The SMILES string of the molecule is Cn1ncc2c(N3CC(CCl)CC3=O)ncnc21. The fraction of sp³-hybridized carbons (Fsp3) is 0.455. The standard InChI is InChI=1S/C11H12ClN5O/c1-16-10-8(4-15-16)11(14-6-13-10)17-5-7(3-12)2-9(17)18/h4,6-7H,2-3,5H2,1H3. The summed E-state index contributed by atoms with van der Waals surface area (Å²) in [5.41, 5.74) is 0.724. The number of aromatic nitrogens is 4. The van der Waals surface area contributed by atoms with E-state index in [0.717, 1.165) is 11.0 Å². The molecule has 1 saturated heterocycles. The van der Waals surface area contributed by atoms with Crippen molar-refractivity contribution in [1.82, 2.24) is 19.7 Å². The Hall–Kier alpha value is -1.69. The summed E-state index contributed by atoms with van der Waals surface area (Å²) in [6, 6.07) is 0. The summed E-state index contributed by atoms with van der Waals surface area (Å²) in [5.74, 6) is 1.37. The summed E-state index contributed by atoms with van der Waals surface area (Å²) in [7, 11) is 1.81. The Bertz CT molecular complexity index is 610. The molecule has 0 radical (unpaired) electrons. The first-order valence-corrected chi connectivity index (χ1v) is 6.23. The average molecular weight is 266 g/mol. The number of hydrogen-bond acceptors (Lipinski definition) is 4. The van der Waals surface area contributed by atoms with Crippen molar-refractivity contribution in [1.29, 1.82) is 0 Å². The van der Waals surface area contributed by atoms with Gasteiger partial charge in [-0.2, -0.15) is 5.10 Å². The normalized spacial score (nSPS) is 20.0. The van der Waals surface area contributed by atoms with Gasteiger partial charge in [-0.1, -0.05) is 0 Å². The van der Waals surface area contributed by atoms with Crippen molar-refractivity contribution in [2.24, 2.45) is 13.0 Å². The Labute approximate surface area is 109 Å². The minimum absolute atomic E-state index is 0.0597. The highest BCUT2D eigenvalue weighted by molar-refractivity contribution is 6.18. The minimum Gasteiger partial charge on any atom is -0.296 e. The van der Waals surface area contributed by atoms with Crippen LogP contribution in [0.25, 0.3) is 11.0 Å². The van der Waals surface area contributed by atoms with Gasteiger partial charge in [0, 0.05) is 25.9 Å². The summed E-state index contributed by atoms with van der Waals surface area (Å²) >= 11 is 5.82. The Kier molecular flexibility index (Phi) is 2.66. The van der Waals surface area contributed by atoms with Crippen LogP contribution >= 0.6 is 11.6 Å². The number of hydrogen-bond donors (Lipinski definition) is 0. The maximum Gasteiger partial charge on any atom is 0.228 e. The molecule has 0 spiro atoms. The number of aryl methyl sites for hydroxylation is 1. The summed E-state index contributed by atoms with van der Waals surface area (Å²) in [6.45, 7) is 0.614. The van der Waals surface area contributed by atoms with Crippen molar-refractivity contribution in [3.05, 3.63) is 12.5 Å². The molecule has 1 amide bonds. The number of halogens is 1. The lowest BCUT2D eigenvalue weighted by Gasteiger charge is -2.15. The van der Waals surface area contributed by atoms with E-state index in [1.165, 1.54) is 6.33 Å². The zero-order chi connectivity index (χ0) is 12.7. The predicted molar refractivity (Wildman–Crippen MR) is 67.5 cm³/mol. The smallest absolute Gasteiger partial charge is 0.228 e. The van der Waals surface area contributed by atoms with Gasteiger partial charge in [0.25, 0.3) is 0 Å². The fourth-order valence-corrected chi connectivity index (χ4v) is 2.46. The molecule has 0 bridgehead atoms. The first-order valence-electron chi connectivity index (χ1n) is 5.69. The van der Waals surface area contributed by atoms with Crippen molar-refractivity contribution in [2.45, 2.75) is 6.42 Å². The lowest BCUT2D eigenvalue weighted by atomic mass is 10.1. The third-order valence-electron chi connectivity index (χ3n) is 3.19. The lowest BCUT2D eigenvalue weighted by Crippen LogP contribution is -2.26. The number of carbonyl (C=O) groups is 1. The average Bonchev–Trinajstić information content (AvgIpc) is 2.93. The van der Waals surface area contributed by atoms with Crippen LogP contribution in [0.4, 0.5) is 5.82 Å². The van der Waals surface area contributed by atoms with E-state index in [1.807, 2.05) is 7.05 Å². The van der Waals surface area contributed by atoms with Crippen LogP contribution in [0.15, 0.2) is 12.5 Å². The molecule has 2 aromatic rings. The zero-order valence-electron chi connectivity index (χ0n) is 9.88. The fourth-order valence-electron chi connectivity index (χ4n) is 2.25. The molecule has 18 heavy (non-hydrogen) atoms. The van der Waals surface area contributed by atoms with Crippen molar-refractivity contribution in [3.63, 3.8) is 0 Å². The van der Waals surface area contributed by atoms with Crippen LogP contribution < -0.4 is 4.90 Å². The molecule has 0 N–H and O–H groups in total. The van der Waals surface area contributed by atoms with E-state index in [0.29, 0.717) is 24.7 Å². The zero-order valence-corrected chi connectivity index (χ0v) is 10.6. The first kappa shape index (κ1) is 11.4. The van der Waals surface area contributed by atoms with Gasteiger partial charge in [-0.25, -0.2) is 9.97 Å². The first-order chi connectivity index (χ1) is 8.70. The summed E-state index contributed by atoms with van der Waals surface area (Å²) in [4.78, 5) is 22.0. The van der Waals surface area contributed by atoms with E-state index in [4.69, 9.17) is 11.6 Å². The van der Waals surface area contributed by atoms with Gasteiger partial charge >= 0.3 is 0 Å². The summed E-state index contributed by atoms with van der Waals surface area (Å²) in [5, 5.41) is 4.94. The van der Waals surface area contributed by atoms with Crippen molar-refractivity contribution in [3.8, 4) is 0 Å². The van der Waals surface area contributed by atoms with Crippen molar-refractivity contribution < 1.29 is 4.79 Å². The van der Waals surface area contributed by atoms with Crippen LogP contribution in [0.1, 0.15) is 6.42 Å². The van der Waals surface area contributed by atoms with Gasteiger partial charge in [0.05, 0.1) is 11.6 Å². The summed E-state index contributed by atoms with van der Waals surface area (Å²) < 4.78 is 1.67. The predicted octanol–water partition coefficient (Wildman–Crippen LogP) is 0.955. The molecule has 0 aliphatic carbocycles. The number of amides is 1. The highest BCUT2D eigenvalue weighted by Gasteiger charge is 2.32. The number of rotatable bonds is 2. The maximum atomic E-state index is 12.0. The highest BCUT2D eigenvalue weighted by Crippen LogP contribution is 2.28. The molecule has 3 rings (SSSR count). The topological polar surface area (TPSA) is 63.9 Å². The Morgan fingerprint density at radius 2 is 2.33 bits per heavy atom. The second kappa shape index (κ2) is 4.20. The molecule has 7 heteroatoms. The number of carbonyl (C=O) groups excluding carboxylic acids is 1. The number of anilines is 1. The van der Waals surface area contributed by atoms with Gasteiger partial charge < -0.3 is 0 Å². The maximum absolute atomic E-state index is 12.0. The Morgan fingerprint density at radius 1 is 1.50 bits per heavy atom.